The maximum absolute atomic E-state index is 11.6. The SMILES string of the molecule is CCC(C)(C)C(=O)N[C@@H](C)C(=O)CO. The van der Waals surface area contributed by atoms with Gasteiger partial charge in [-0.2, -0.15) is 0 Å². The number of hydrogen-bond donors (Lipinski definition) is 2. The Morgan fingerprint density at radius 1 is 1.43 bits per heavy atom. The van der Waals surface area contributed by atoms with Crippen LogP contribution in [-0.2, 0) is 9.59 Å². The van der Waals surface area contributed by atoms with E-state index in [1.54, 1.807) is 6.92 Å². The maximum Gasteiger partial charge on any atom is 0.226 e. The van der Waals surface area contributed by atoms with Gasteiger partial charge in [0.15, 0.2) is 5.78 Å². The molecule has 0 aromatic rings. The summed E-state index contributed by atoms with van der Waals surface area (Å²) in [5.41, 5.74) is -0.468. The molecule has 0 spiro atoms. The maximum atomic E-state index is 11.6. The molecule has 0 heterocycles. The Hall–Kier alpha value is -0.900. The summed E-state index contributed by atoms with van der Waals surface area (Å²) in [6.45, 7) is 6.59. The van der Waals surface area contributed by atoms with Crippen molar-refractivity contribution in [1.82, 2.24) is 5.32 Å². The summed E-state index contributed by atoms with van der Waals surface area (Å²) in [5, 5.41) is 11.2. The van der Waals surface area contributed by atoms with Crippen LogP contribution in [0, 0.1) is 5.41 Å². The minimum absolute atomic E-state index is 0.158. The van der Waals surface area contributed by atoms with Gasteiger partial charge >= 0.3 is 0 Å². The molecule has 0 saturated carbocycles. The lowest BCUT2D eigenvalue weighted by atomic mass is 9.89. The Labute approximate surface area is 84.7 Å². The number of amides is 1. The molecule has 0 aliphatic rings. The fourth-order valence-corrected chi connectivity index (χ4v) is 0.770. The number of aliphatic hydroxyl groups is 1. The lowest BCUT2D eigenvalue weighted by molar-refractivity contribution is -0.134. The van der Waals surface area contributed by atoms with Gasteiger partial charge in [0.25, 0.3) is 0 Å². The Morgan fingerprint density at radius 2 is 1.93 bits per heavy atom. The monoisotopic (exact) mass is 201 g/mol. The smallest absolute Gasteiger partial charge is 0.226 e. The van der Waals surface area contributed by atoms with E-state index in [4.69, 9.17) is 5.11 Å². The number of hydrogen-bond acceptors (Lipinski definition) is 3. The molecule has 0 aliphatic heterocycles. The minimum Gasteiger partial charge on any atom is -0.389 e. The molecule has 2 N–H and O–H groups in total. The average molecular weight is 201 g/mol. The topological polar surface area (TPSA) is 66.4 Å². The first-order chi connectivity index (χ1) is 6.35. The van der Waals surface area contributed by atoms with Crippen molar-refractivity contribution in [1.29, 1.82) is 0 Å². The molecule has 1 amide bonds. The summed E-state index contributed by atoms with van der Waals surface area (Å²) in [7, 11) is 0. The molecule has 0 fully saturated rings. The highest BCUT2D eigenvalue weighted by Gasteiger charge is 2.27. The summed E-state index contributed by atoms with van der Waals surface area (Å²) in [5.74, 6) is -0.528. The fraction of sp³-hybridized carbons (Fsp3) is 0.800. The van der Waals surface area contributed by atoms with Gasteiger partial charge < -0.3 is 10.4 Å². The molecule has 0 aliphatic carbocycles. The van der Waals surface area contributed by atoms with Crippen LogP contribution < -0.4 is 5.32 Å². The number of ketones is 1. The Morgan fingerprint density at radius 3 is 2.29 bits per heavy atom. The van der Waals surface area contributed by atoms with Gasteiger partial charge in [-0.05, 0) is 13.3 Å². The van der Waals surface area contributed by atoms with E-state index in [0.717, 1.165) is 0 Å². The summed E-state index contributed by atoms with van der Waals surface area (Å²) in [6, 6.07) is -0.613. The van der Waals surface area contributed by atoms with Crippen molar-refractivity contribution in [2.24, 2.45) is 5.41 Å². The summed E-state index contributed by atoms with van der Waals surface area (Å²) < 4.78 is 0. The van der Waals surface area contributed by atoms with Crippen molar-refractivity contribution in [3.05, 3.63) is 0 Å². The van der Waals surface area contributed by atoms with Crippen LogP contribution in [0.25, 0.3) is 0 Å². The van der Waals surface area contributed by atoms with Crippen LogP contribution in [0.15, 0.2) is 0 Å². The molecule has 4 heteroatoms. The van der Waals surface area contributed by atoms with Crippen LogP contribution in [-0.4, -0.2) is 29.4 Å². The molecule has 4 nitrogen and oxygen atoms in total. The number of nitrogens with one attached hydrogen (secondary N) is 1. The third-order valence-corrected chi connectivity index (χ3v) is 2.48. The van der Waals surface area contributed by atoms with Crippen LogP contribution in [0.2, 0.25) is 0 Å². The highest BCUT2D eigenvalue weighted by Crippen LogP contribution is 2.19. The molecular formula is C10H19NO3. The zero-order valence-corrected chi connectivity index (χ0v) is 9.26. The van der Waals surface area contributed by atoms with E-state index in [0.29, 0.717) is 6.42 Å². The van der Waals surface area contributed by atoms with E-state index in [1.807, 2.05) is 20.8 Å². The molecule has 14 heavy (non-hydrogen) atoms. The van der Waals surface area contributed by atoms with Gasteiger partial charge in [-0.15, -0.1) is 0 Å². The lowest BCUT2D eigenvalue weighted by Crippen LogP contribution is -2.45. The summed E-state index contributed by atoms with van der Waals surface area (Å²) in [4.78, 5) is 22.6. The zero-order chi connectivity index (χ0) is 11.4. The lowest BCUT2D eigenvalue weighted by Gasteiger charge is -2.23. The molecule has 0 unspecified atom stereocenters. The third-order valence-electron chi connectivity index (χ3n) is 2.48. The normalized spacial score (nSPS) is 13.5. The average Bonchev–Trinajstić information content (AvgIpc) is 2.16. The second-order valence-electron chi connectivity index (χ2n) is 4.06. The molecule has 0 saturated heterocycles. The van der Waals surface area contributed by atoms with Crippen molar-refractivity contribution in [2.75, 3.05) is 6.61 Å². The number of rotatable bonds is 5. The molecular weight excluding hydrogens is 182 g/mol. The van der Waals surface area contributed by atoms with Gasteiger partial charge in [0, 0.05) is 5.41 Å². The van der Waals surface area contributed by atoms with Gasteiger partial charge in [0.05, 0.1) is 6.04 Å². The van der Waals surface area contributed by atoms with Gasteiger partial charge in [-0.25, -0.2) is 0 Å². The molecule has 0 rings (SSSR count). The highest BCUT2D eigenvalue weighted by atomic mass is 16.3. The molecule has 0 aromatic carbocycles. The van der Waals surface area contributed by atoms with E-state index in [2.05, 4.69) is 5.32 Å². The van der Waals surface area contributed by atoms with Gasteiger partial charge in [0.1, 0.15) is 6.61 Å². The molecule has 82 valence electrons. The Balaban J connectivity index is 4.26. The molecule has 1 atom stereocenters. The van der Waals surface area contributed by atoms with E-state index in [-0.39, 0.29) is 11.7 Å². The second kappa shape index (κ2) is 5.10. The van der Waals surface area contributed by atoms with E-state index >= 15 is 0 Å². The van der Waals surface area contributed by atoms with Gasteiger partial charge in [-0.3, -0.25) is 9.59 Å². The van der Waals surface area contributed by atoms with Crippen molar-refractivity contribution in [3.63, 3.8) is 0 Å². The highest BCUT2D eigenvalue weighted by molar-refractivity contribution is 5.91. The van der Waals surface area contributed by atoms with Crippen LogP contribution in [0.1, 0.15) is 34.1 Å². The van der Waals surface area contributed by atoms with Crippen LogP contribution >= 0.6 is 0 Å². The van der Waals surface area contributed by atoms with Crippen LogP contribution in [0.4, 0.5) is 0 Å². The van der Waals surface area contributed by atoms with Crippen molar-refractivity contribution < 1.29 is 14.7 Å². The van der Waals surface area contributed by atoms with Crippen molar-refractivity contribution >= 4 is 11.7 Å². The van der Waals surface area contributed by atoms with Gasteiger partial charge in [0.2, 0.25) is 5.91 Å². The molecule has 0 aromatic heterocycles. The molecule has 0 bridgehead atoms. The number of aliphatic hydroxyl groups excluding tert-OH is 1. The first-order valence-corrected chi connectivity index (χ1v) is 4.79. The fourth-order valence-electron chi connectivity index (χ4n) is 0.770. The van der Waals surface area contributed by atoms with E-state index in [9.17, 15) is 9.59 Å². The van der Waals surface area contributed by atoms with E-state index in [1.165, 1.54) is 0 Å². The van der Waals surface area contributed by atoms with Crippen molar-refractivity contribution in [2.45, 2.75) is 40.2 Å². The number of carbonyl (C=O) groups is 2. The van der Waals surface area contributed by atoms with Crippen LogP contribution in [0.5, 0.6) is 0 Å². The van der Waals surface area contributed by atoms with Crippen molar-refractivity contribution in [3.8, 4) is 0 Å². The summed E-state index contributed by atoms with van der Waals surface area (Å²) in [6.07, 6.45) is 0.707. The third kappa shape index (κ3) is 3.46. The first kappa shape index (κ1) is 13.1. The first-order valence-electron chi connectivity index (χ1n) is 4.79. The Bertz CT molecular complexity index is 223. The largest absolute Gasteiger partial charge is 0.389 e. The minimum atomic E-state index is -0.613. The predicted molar refractivity (Wildman–Crippen MR) is 53.8 cm³/mol. The summed E-state index contributed by atoms with van der Waals surface area (Å²) >= 11 is 0. The van der Waals surface area contributed by atoms with Gasteiger partial charge in [-0.1, -0.05) is 20.8 Å². The second-order valence-corrected chi connectivity index (χ2v) is 4.06. The standard InChI is InChI=1S/C10H19NO3/c1-5-10(3,4)9(14)11-7(2)8(13)6-12/h7,12H,5-6H2,1-4H3,(H,11,14)/t7-/m0/s1. The van der Waals surface area contributed by atoms with E-state index < -0.39 is 18.1 Å². The number of Topliss-reactive ketones (excluding diaryl/α,β-unsaturated/α-hetero) is 1. The molecule has 0 radical (unpaired) electrons. The quantitative estimate of drug-likeness (QED) is 0.680. The van der Waals surface area contributed by atoms with Crippen LogP contribution in [0.3, 0.4) is 0 Å². The predicted octanol–water partition coefficient (Wildman–Crippen LogP) is 0.489. The Kier molecular flexibility index (Phi) is 4.77. The zero-order valence-electron chi connectivity index (χ0n) is 9.26. The number of carbonyl (C=O) groups excluding carboxylic acids is 2.